The number of aryl methyl sites for hydroxylation is 1. The van der Waals surface area contributed by atoms with Crippen LogP contribution >= 0.6 is 0 Å². The zero-order valence-electron chi connectivity index (χ0n) is 17.9. The summed E-state index contributed by atoms with van der Waals surface area (Å²) in [5.74, 6) is 0.283. The van der Waals surface area contributed by atoms with Crippen LogP contribution in [0, 0.1) is 6.92 Å². The highest BCUT2D eigenvalue weighted by atomic mass is 16.5. The second kappa shape index (κ2) is 8.60. The Morgan fingerprint density at radius 1 is 0.818 bits per heavy atom. The molecule has 160 valence electrons. The molecule has 1 aliphatic heterocycles. The van der Waals surface area contributed by atoms with Gasteiger partial charge in [-0.05, 0) is 53.5 Å². The lowest BCUT2D eigenvalue weighted by Crippen LogP contribution is -2.10. The van der Waals surface area contributed by atoms with Crippen molar-refractivity contribution >= 4 is 17.8 Å². The number of allylic oxidation sites excluding steroid dienone is 1. The molecule has 0 bridgehead atoms. The number of hydrogen-bond acceptors (Lipinski definition) is 4. The summed E-state index contributed by atoms with van der Waals surface area (Å²) in [6, 6.07) is 30.0. The van der Waals surface area contributed by atoms with Crippen molar-refractivity contribution in [2.75, 3.05) is 0 Å². The second-order valence-electron chi connectivity index (χ2n) is 7.79. The van der Waals surface area contributed by atoms with Crippen LogP contribution in [0.1, 0.15) is 31.8 Å². The van der Waals surface area contributed by atoms with E-state index in [1.54, 1.807) is 36.4 Å². The molecule has 0 spiro atoms. The zero-order chi connectivity index (χ0) is 22.8. The molecule has 1 aliphatic rings. The molecule has 4 aromatic carbocycles. The minimum absolute atomic E-state index is 0.200. The normalized spacial score (nSPS) is 13.5. The average Bonchev–Trinajstić information content (AvgIpc) is 3.14. The summed E-state index contributed by atoms with van der Waals surface area (Å²) in [6.07, 6.45) is 1.72. The Labute approximate surface area is 191 Å². The Bertz CT molecular complexity index is 1380. The van der Waals surface area contributed by atoms with Gasteiger partial charge in [-0.15, -0.1) is 0 Å². The number of benzene rings is 4. The van der Waals surface area contributed by atoms with Crippen molar-refractivity contribution in [3.8, 4) is 22.6 Å². The number of carbonyl (C=O) groups is 2. The zero-order valence-corrected chi connectivity index (χ0v) is 17.9. The van der Waals surface area contributed by atoms with Gasteiger partial charge in [0.2, 0.25) is 5.78 Å². The van der Waals surface area contributed by atoms with E-state index < -0.39 is 5.97 Å². The number of ether oxygens (including phenoxy) is 2. The first kappa shape index (κ1) is 20.5. The van der Waals surface area contributed by atoms with Gasteiger partial charge >= 0.3 is 5.97 Å². The van der Waals surface area contributed by atoms with Gasteiger partial charge in [-0.25, -0.2) is 4.79 Å². The minimum Gasteiger partial charge on any atom is -0.452 e. The van der Waals surface area contributed by atoms with Crippen molar-refractivity contribution in [2.24, 2.45) is 0 Å². The summed E-state index contributed by atoms with van der Waals surface area (Å²) < 4.78 is 11.3. The lowest BCUT2D eigenvalue weighted by molar-refractivity contribution is 0.0733. The van der Waals surface area contributed by atoms with Crippen molar-refractivity contribution in [3.63, 3.8) is 0 Å². The van der Waals surface area contributed by atoms with Crippen LogP contribution in [0.25, 0.3) is 17.2 Å². The molecule has 4 heteroatoms. The topological polar surface area (TPSA) is 52.6 Å². The van der Waals surface area contributed by atoms with Crippen molar-refractivity contribution in [2.45, 2.75) is 6.92 Å². The molecule has 0 aliphatic carbocycles. The monoisotopic (exact) mass is 432 g/mol. The van der Waals surface area contributed by atoms with E-state index in [0.717, 1.165) is 22.3 Å². The molecule has 0 saturated heterocycles. The number of hydrogen-bond donors (Lipinski definition) is 0. The van der Waals surface area contributed by atoms with Gasteiger partial charge in [0.25, 0.3) is 0 Å². The van der Waals surface area contributed by atoms with Crippen LogP contribution in [0.15, 0.2) is 103 Å². The highest BCUT2D eigenvalue weighted by Gasteiger charge is 2.28. The van der Waals surface area contributed by atoms with Crippen LogP contribution in [-0.4, -0.2) is 11.8 Å². The standard InChI is InChI=1S/C29H20O4/c1-19-7-5-6-10-24(19)29(31)32-23-15-16-25-26(18-23)33-27(28(25)30)17-20-11-13-22(14-12-20)21-8-3-2-4-9-21/h2-18H,1H3. The van der Waals surface area contributed by atoms with Crippen molar-refractivity contribution in [1.82, 2.24) is 0 Å². The molecule has 0 atom stereocenters. The predicted octanol–water partition coefficient (Wildman–Crippen LogP) is 6.50. The fraction of sp³-hybridized carbons (Fsp3) is 0.0345. The van der Waals surface area contributed by atoms with Crippen molar-refractivity contribution < 1.29 is 19.1 Å². The SMILES string of the molecule is Cc1ccccc1C(=O)Oc1ccc2c(c1)OC(=Cc1ccc(-c3ccccc3)cc1)C2=O. The maximum atomic E-state index is 12.8. The number of Topliss-reactive ketones (excluding diaryl/α,β-unsaturated/α-hetero) is 1. The maximum Gasteiger partial charge on any atom is 0.343 e. The molecular formula is C29H20O4. The molecule has 0 amide bonds. The van der Waals surface area contributed by atoms with Gasteiger partial charge in [0.05, 0.1) is 11.1 Å². The third-order valence-corrected chi connectivity index (χ3v) is 5.53. The first-order chi connectivity index (χ1) is 16.1. The lowest BCUT2D eigenvalue weighted by atomic mass is 10.0. The van der Waals surface area contributed by atoms with Crippen LogP contribution in [0.4, 0.5) is 0 Å². The maximum absolute atomic E-state index is 12.8. The molecule has 0 unspecified atom stereocenters. The highest BCUT2D eigenvalue weighted by Crippen LogP contribution is 2.35. The van der Waals surface area contributed by atoms with Gasteiger partial charge in [0.15, 0.2) is 5.76 Å². The second-order valence-corrected chi connectivity index (χ2v) is 7.79. The Kier molecular flexibility index (Phi) is 5.33. The number of carbonyl (C=O) groups excluding carboxylic acids is 2. The number of fused-ring (bicyclic) bond motifs is 1. The summed E-state index contributed by atoms with van der Waals surface area (Å²) in [5, 5.41) is 0. The first-order valence-electron chi connectivity index (χ1n) is 10.6. The number of ketones is 1. The lowest BCUT2D eigenvalue weighted by Gasteiger charge is -2.07. The molecule has 0 N–H and O–H groups in total. The quantitative estimate of drug-likeness (QED) is 0.210. The average molecular weight is 432 g/mol. The van der Waals surface area contributed by atoms with Gasteiger partial charge in [0.1, 0.15) is 11.5 Å². The Morgan fingerprint density at radius 3 is 2.27 bits per heavy atom. The summed E-state index contributed by atoms with van der Waals surface area (Å²) >= 11 is 0. The van der Waals surface area contributed by atoms with Gasteiger partial charge in [-0.2, -0.15) is 0 Å². The van der Waals surface area contributed by atoms with E-state index in [1.165, 1.54) is 0 Å². The Morgan fingerprint density at radius 2 is 1.52 bits per heavy atom. The van der Waals surface area contributed by atoms with Gasteiger partial charge in [-0.3, -0.25) is 4.79 Å². The molecule has 4 aromatic rings. The van der Waals surface area contributed by atoms with Crippen LogP contribution < -0.4 is 9.47 Å². The van der Waals surface area contributed by atoms with E-state index in [2.05, 4.69) is 12.1 Å². The molecule has 0 fully saturated rings. The van der Waals surface area contributed by atoms with Crippen LogP contribution in [0.5, 0.6) is 11.5 Å². The fourth-order valence-corrected chi connectivity index (χ4v) is 3.75. The Balaban J connectivity index is 1.34. The molecule has 0 aromatic heterocycles. The summed E-state index contributed by atoms with van der Waals surface area (Å²) in [5.41, 5.74) is 4.85. The Hall–Kier alpha value is -4.44. The molecule has 5 rings (SSSR count). The predicted molar refractivity (Wildman–Crippen MR) is 127 cm³/mol. The molecular weight excluding hydrogens is 412 g/mol. The first-order valence-corrected chi connectivity index (χ1v) is 10.6. The fourth-order valence-electron chi connectivity index (χ4n) is 3.75. The van der Waals surface area contributed by atoms with Gasteiger partial charge < -0.3 is 9.47 Å². The van der Waals surface area contributed by atoms with Crippen molar-refractivity contribution in [1.29, 1.82) is 0 Å². The third-order valence-electron chi connectivity index (χ3n) is 5.53. The molecule has 0 radical (unpaired) electrons. The van der Waals surface area contributed by atoms with Gasteiger partial charge in [-0.1, -0.05) is 72.8 Å². The van der Waals surface area contributed by atoms with E-state index in [1.807, 2.05) is 61.5 Å². The largest absolute Gasteiger partial charge is 0.452 e. The molecule has 0 saturated carbocycles. The smallest absolute Gasteiger partial charge is 0.343 e. The summed E-state index contributed by atoms with van der Waals surface area (Å²) in [4.78, 5) is 25.3. The highest BCUT2D eigenvalue weighted by molar-refractivity contribution is 6.14. The number of rotatable bonds is 4. The van der Waals surface area contributed by atoms with E-state index in [4.69, 9.17) is 9.47 Å². The number of esters is 1. The van der Waals surface area contributed by atoms with Crippen LogP contribution in [0.2, 0.25) is 0 Å². The van der Waals surface area contributed by atoms with E-state index in [9.17, 15) is 9.59 Å². The minimum atomic E-state index is -0.452. The molecule has 33 heavy (non-hydrogen) atoms. The molecule has 4 nitrogen and oxygen atoms in total. The van der Waals surface area contributed by atoms with E-state index in [-0.39, 0.29) is 11.5 Å². The van der Waals surface area contributed by atoms with E-state index >= 15 is 0 Å². The van der Waals surface area contributed by atoms with E-state index in [0.29, 0.717) is 22.6 Å². The summed E-state index contributed by atoms with van der Waals surface area (Å²) in [6.45, 7) is 1.85. The van der Waals surface area contributed by atoms with Crippen LogP contribution in [-0.2, 0) is 0 Å². The van der Waals surface area contributed by atoms with Gasteiger partial charge in [0, 0.05) is 6.07 Å². The third kappa shape index (κ3) is 4.19. The molecule has 1 heterocycles. The van der Waals surface area contributed by atoms with Crippen LogP contribution in [0.3, 0.4) is 0 Å². The van der Waals surface area contributed by atoms with Crippen molar-refractivity contribution in [3.05, 3.63) is 125 Å². The summed E-state index contributed by atoms with van der Waals surface area (Å²) in [7, 11) is 0.